The summed E-state index contributed by atoms with van der Waals surface area (Å²) in [5.74, 6) is -0.345. The second-order valence-corrected chi connectivity index (χ2v) is 5.87. The molecule has 0 saturated carbocycles. The molecule has 5 nitrogen and oxygen atoms in total. The Morgan fingerprint density at radius 2 is 1.88 bits per heavy atom. The van der Waals surface area contributed by atoms with Crippen LogP contribution in [0.2, 0.25) is 0 Å². The van der Waals surface area contributed by atoms with Gasteiger partial charge in [0.15, 0.2) is 6.10 Å². The maximum absolute atomic E-state index is 11.1. The van der Waals surface area contributed by atoms with Crippen molar-refractivity contribution in [2.75, 3.05) is 13.2 Å². The SMILES string of the molecule is CCOC(Cc1ccc(OC[C@H](O)c2cccc(C)c2)cc1)C(=O)O. The summed E-state index contributed by atoms with van der Waals surface area (Å²) < 4.78 is 10.8. The summed E-state index contributed by atoms with van der Waals surface area (Å²) in [5.41, 5.74) is 2.76. The average Bonchev–Trinajstić information content (AvgIpc) is 2.60. The van der Waals surface area contributed by atoms with Crippen LogP contribution < -0.4 is 4.74 Å². The number of aliphatic hydroxyl groups excluding tert-OH is 1. The zero-order valence-corrected chi connectivity index (χ0v) is 14.5. The van der Waals surface area contributed by atoms with E-state index in [2.05, 4.69) is 0 Å². The van der Waals surface area contributed by atoms with Crippen molar-refractivity contribution in [2.45, 2.75) is 32.5 Å². The van der Waals surface area contributed by atoms with Crippen molar-refractivity contribution in [2.24, 2.45) is 0 Å². The second-order valence-electron chi connectivity index (χ2n) is 5.87. The molecule has 5 heteroatoms. The minimum Gasteiger partial charge on any atom is -0.491 e. The van der Waals surface area contributed by atoms with Crippen molar-refractivity contribution >= 4 is 5.97 Å². The lowest BCUT2D eigenvalue weighted by Crippen LogP contribution is -2.26. The highest BCUT2D eigenvalue weighted by Crippen LogP contribution is 2.19. The van der Waals surface area contributed by atoms with Gasteiger partial charge in [-0.25, -0.2) is 4.79 Å². The van der Waals surface area contributed by atoms with Gasteiger partial charge >= 0.3 is 5.97 Å². The maximum atomic E-state index is 11.1. The molecule has 0 aliphatic carbocycles. The van der Waals surface area contributed by atoms with Gasteiger partial charge in [-0.15, -0.1) is 0 Å². The molecule has 1 unspecified atom stereocenters. The summed E-state index contributed by atoms with van der Waals surface area (Å²) in [4.78, 5) is 11.1. The molecule has 0 amide bonds. The Labute approximate surface area is 147 Å². The largest absolute Gasteiger partial charge is 0.491 e. The van der Waals surface area contributed by atoms with E-state index in [1.54, 1.807) is 19.1 Å². The molecule has 134 valence electrons. The monoisotopic (exact) mass is 344 g/mol. The summed E-state index contributed by atoms with van der Waals surface area (Å²) in [6.07, 6.45) is -1.25. The minimum atomic E-state index is -0.969. The Hall–Kier alpha value is -2.37. The fraction of sp³-hybridized carbons (Fsp3) is 0.350. The van der Waals surface area contributed by atoms with Crippen LogP contribution in [0.3, 0.4) is 0 Å². The van der Waals surface area contributed by atoms with Gasteiger partial charge in [0, 0.05) is 13.0 Å². The number of benzene rings is 2. The molecule has 2 atom stereocenters. The van der Waals surface area contributed by atoms with Crippen LogP contribution in [0.1, 0.15) is 29.7 Å². The number of hydrogen-bond acceptors (Lipinski definition) is 4. The topological polar surface area (TPSA) is 76.0 Å². The summed E-state index contributed by atoms with van der Waals surface area (Å²) >= 11 is 0. The highest BCUT2D eigenvalue weighted by Gasteiger charge is 2.17. The summed E-state index contributed by atoms with van der Waals surface area (Å²) in [5, 5.41) is 19.3. The van der Waals surface area contributed by atoms with Gasteiger partial charge in [0.2, 0.25) is 0 Å². The van der Waals surface area contributed by atoms with Gasteiger partial charge in [-0.05, 0) is 37.1 Å². The Morgan fingerprint density at radius 3 is 2.48 bits per heavy atom. The predicted octanol–water partition coefficient (Wildman–Crippen LogP) is 3.14. The number of carbonyl (C=O) groups is 1. The van der Waals surface area contributed by atoms with Gasteiger partial charge in [-0.3, -0.25) is 0 Å². The molecule has 0 bridgehead atoms. The third-order valence-corrected chi connectivity index (χ3v) is 3.82. The standard InChI is InChI=1S/C20H24O5/c1-3-24-19(20(22)23)12-15-7-9-17(10-8-15)25-13-18(21)16-6-4-5-14(2)11-16/h4-11,18-19,21H,3,12-13H2,1-2H3,(H,22,23)/t18-,19?/m0/s1. The molecule has 0 heterocycles. The van der Waals surface area contributed by atoms with E-state index in [1.807, 2.05) is 43.3 Å². The number of aryl methyl sites for hydroxylation is 1. The van der Waals surface area contributed by atoms with Gasteiger partial charge in [0.05, 0.1) is 0 Å². The van der Waals surface area contributed by atoms with E-state index in [-0.39, 0.29) is 6.61 Å². The van der Waals surface area contributed by atoms with E-state index < -0.39 is 18.2 Å². The smallest absolute Gasteiger partial charge is 0.333 e. The van der Waals surface area contributed by atoms with E-state index >= 15 is 0 Å². The average molecular weight is 344 g/mol. The second kappa shape index (κ2) is 9.20. The molecule has 2 rings (SSSR count). The maximum Gasteiger partial charge on any atom is 0.333 e. The first kappa shape index (κ1) is 19.0. The molecule has 0 aromatic heterocycles. The lowest BCUT2D eigenvalue weighted by atomic mass is 10.1. The summed E-state index contributed by atoms with van der Waals surface area (Å²) in [6.45, 7) is 4.25. The Bertz CT molecular complexity index is 681. The van der Waals surface area contributed by atoms with Crippen LogP contribution in [0.15, 0.2) is 48.5 Å². The quantitative estimate of drug-likeness (QED) is 0.731. The minimum absolute atomic E-state index is 0.152. The highest BCUT2D eigenvalue weighted by molar-refractivity contribution is 5.72. The first-order valence-corrected chi connectivity index (χ1v) is 8.30. The van der Waals surface area contributed by atoms with Crippen LogP contribution in [0.5, 0.6) is 5.75 Å². The highest BCUT2D eigenvalue weighted by atomic mass is 16.5. The van der Waals surface area contributed by atoms with Crippen LogP contribution in [0.4, 0.5) is 0 Å². The van der Waals surface area contributed by atoms with Crippen LogP contribution in [0.25, 0.3) is 0 Å². The molecule has 0 fully saturated rings. The van der Waals surface area contributed by atoms with Crippen molar-refractivity contribution in [3.8, 4) is 5.75 Å². The summed E-state index contributed by atoms with van der Waals surface area (Å²) in [6, 6.07) is 14.8. The van der Waals surface area contributed by atoms with Crippen LogP contribution >= 0.6 is 0 Å². The lowest BCUT2D eigenvalue weighted by molar-refractivity contribution is -0.149. The van der Waals surface area contributed by atoms with Gasteiger partial charge in [0.1, 0.15) is 18.5 Å². The first-order valence-electron chi connectivity index (χ1n) is 8.30. The third-order valence-electron chi connectivity index (χ3n) is 3.82. The fourth-order valence-electron chi connectivity index (χ4n) is 2.50. The third kappa shape index (κ3) is 5.89. The number of aliphatic hydroxyl groups is 1. The number of aliphatic carboxylic acids is 1. The van der Waals surface area contributed by atoms with Crippen molar-refractivity contribution in [1.29, 1.82) is 0 Å². The molecular weight excluding hydrogens is 320 g/mol. The molecule has 0 aliphatic heterocycles. The fourth-order valence-corrected chi connectivity index (χ4v) is 2.50. The molecule has 2 N–H and O–H groups in total. The molecule has 2 aromatic rings. The van der Waals surface area contributed by atoms with E-state index in [1.165, 1.54) is 0 Å². The molecule has 0 aliphatic rings. The first-order chi connectivity index (χ1) is 12.0. The Morgan fingerprint density at radius 1 is 1.16 bits per heavy atom. The Balaban J connectivity index is 1.90. The molecule has 0 saturated heterocycles. The van der Waals surface area contributed by atoms with E-state index in [4.69, 9.17) is 14.6 Å². The zero-order chi connectivity index (χ0) is 18.2. The van der Waals surface area contributed by atoms with E-state index in [0.717, 1.165) is 16.7 Å². The molecular formula is C20H24O5. The number of carboxylic acid groups (broad SMARTS) is 1. The van der Waals surface area contributed by atoms with Gasteiger partial charge in [-0.2, -0.15) is 0 Å². The number of carboxylic acids is 1. The van der Waals surface area contributed by atoms with E-state index in [0.29, 0.717) is 18.8 Å². The van der Waals surface area contributed by atoms with E-state index in [9.17, 15) is 9.90 Å². The molecule has 25 heavy (non-hydrogen) atoms. The van der Waals surface area contributed by atoms with Crippen molar-refractivity contribution < 1.29 is 24.5 Å². The molecule has 0 spiro atoms. The zero-order valence-electron chi connectivity index (χ0n) is 14.5. The van der Waals surface area contributed by atoms with Crippen molar-refractivity contribution in [3.05, 3.63) is 65.2 Å². The van der Waals surface area contributed by atoms with Crippen LogP contribution in [0, 0.1) is 6.92 Å². The Kier molecular flexibility index (Phi) is 6.98. The summed E-state index contributed by atoms with van der Waals surface area (Å²) in [7, 11) is 0. The molecule has 0 radical (unpaired) electrons. The van der Waals surface area contributed by atoms with Crippen molar-refractivity contribution in [3.63, 3.8) is 0 Å². The van der Waals surface area contributed by atoms with Gasteiger partial charge in [-0.1, -0.05) is 42.0 Å². The van der Waals surface area contributed by atoms with Gasteiger partial charge in [0.25, 0.3) is 0 Å². The lowest BCUT2D eigenvalue weighted by Gasteiger charge is -2.14. The van der Waals surface area contributed by atoms with Crippen LogP contribution in [-0.2, 0) is 16.0 Å². The number of hydrogen-bond donors (Lipinski definition) is 2. The van der Waals surface area contributed by atoms with Crippen molar-refractivity contribution in [1.82, 2.24) is 0 Å². The number of rotatable bonds is 9. The predicted molar refractivity (Wildman–Crippen MR) is 94.8 cm³/mol. The molecule has 2 aromatic carbocycles. The normalized spacial score (nSPS) is 13.2. The van der Waals surface area contributed by atoms with Crippen LogP contribution in [-0.4, -0.2) is 35.5 Å². The van der Waals surface area contributed by atoms with Gasteiger partial charge < -0.3 is 19.7 Å². The number of ether oxygens (including phenoxy) is 2.